The van der Waals surface area contributed by atoms with E-state index in [1.807, 2.05) is 6.92 Å². The molecule has 0 aliphatic carbocycles. The Balaban J connectivity index is 1.59. The number of carbonyl (C=O) groups is 2. The number of anilines is 2. The van der Waals surface area contributed by atoms with Crippen molar-refractivity contribution in [1.82, 2.24) is 0 Å². The molecule has 3 N–H and O–H groups in total. The van der Waals surface area contributed by atoms with Crippen LogP contribution in [0.15, 0.2) is 85.0 Å². The highest BCUT2D eigenvalue weighted by molar-refractivity contribution is 6.03. The summed E-state index contributed by atoms with van der Waals surface area (Å²) in [4.78, 5) is 24.4. The zero-order valence-corrected chi connectivity index (χ0v) is 20.4. The number of amides is 2. The Kier molecular flexibility index (Phi) is 7.97. The van der Waals surface area contributed by atoms with Gasteiger partial charge in [0.2, 0.25) is 5.91 Å². The monoisotopic (exact) mass is 522 g/mol. The van der Waals surface area contributed by atoms with Gasteiger partial charge >= 0.3 is 6.18 Å². The molecule has 0 aromatic heterocycles. The Bertz CT molecular complexity index is 1380. The second-order valence-electron chi connectivity index (χ2n) is 8.50. The zero-order valence-electron chi connectivity index (χ0n) is 20.4. The summed E-state index contributed by atoms with van der Waals surface area (Å²) < 4.78 is 44.6. The summed E-state index contributed by atoms with van der Waals surface area (Å²) in [5, 5.41) is 15.2. The van der Waals surface area contributed by atoms with E-state index in [-0.39, 0.29) is 6.42 Å². The Labute approximate surface area is 217 Å². The Hall–Kier alpha value is -4.37. The smallest absolute Gasteiger partial charge is 0.416 e. The minimum absolute atomic E-state index is 0.0665. The first kappa shape index (κ1) is 26.7. The maximum absolute atomic E-state index is 13.1. The molecule has 9 heteroatoms. The van der Waals surface area contributed by atoms with Gasteiger partial charge in [0.15, 0.2) is 0 Å². The molecule has 0 radical (unpaired) electrons. The zero-order chi connectivity index (χ0) is 27.3. The van der Waals surface area contributed by atoms with Gasteiger partial charge in [-0.3, -0.25) is 9.59 Å². The van der Waals surface area contributed by atoms with Crippen LogP contribution in [0.3, 0.4) is 0 Å². The van der Waals surface area contributed by atoms with Crippen LogP contribution in [0.4, 0.5) is 24.5 Å². The fourth-order valence-electron chi connectivity index (χ4n) is 4.04. The van der Waals surface area contributed by atoms with E-state index in [9.17, 15) is 27.9 Å². The Morgan fingerprint density at radius 3 is 2.37 bits per heavy atom. The van der Waals surface area contributed by atoms with Crippen molar-refractivity contribution in [3.8, 4) is 5.75 Å². The number of hydrogen-bond acceptors (Lipinski definition) is 4. The van der Waals surface area contributed by atoms with Crippen LogP contribution in [0, 0.1) is 0 Å². The van der Waals surface area contributed by atoms with Crippen LogP contribution in [-0.2, 0) is 22.2 Å². The summed E-state index contributed by atoms with van der Waals surface area (Å²) in [6.45, 7) is 2.36. The lowest BCUT2D eigenvalue weighted by molar-refractivity contribution is -0.137. The quantitative estimate of drug-likeness (QED) is 0.279. The minimum atomic E-state index is -4.45. The third-order valence-electron chi connectivity index (χ3n) is 5.90. The summed E-state index contributed by atoms with van der Waals surface area (Å²) in [6.07, 6.45) is -1.16. The van der Waals surface area contributed by atoms with Gasteiger partial charge in [0.05, 0.1) is 12.2 Å². The average Bonchev–Trinajstić information content (AvgIpc) is 2.88. The van der Waals surface area contributed by atoms with Gasteiger partial charge < -0.3 is 20.5 Å². The molecule has 0 saturated carbocycles. The number of alkyl halides is 3. The predicted molar refractivity (Wildman–Crippen MR) is 139 cm³/mol. The number of aliphatic hydroxyl groups is 1. The first-order valence-corrected chi connectivity index (χ1v) is 11.9. The lowest BCUT2D eigenvalue weighted by Crippen LogP contribution is -2.34. The lowest BCUT2D eigenvalue weighted by atomic mass is 9.96. The average molecular weight is 523 g/mol. The molecule has 0 saturated heterocycles. The van der Waals surface area contributed by atoms with E-state index in [0.717, 1.165) is 17.7 Å². The number of aliphatic hydroxyl groups excluding tert-OH is 1. The summed E-state index contributed by atoms with van der Waals surface area (Å²) in [6, 6.07) is 16.9. The summed E-state index contributed by atoms with van der Waals surface area (Å²) >= 11 is 0. The van der Waals surface area contributed by atoms with E-state index in [0.29, 0.717) is 40.4 Å². The number of carbonyl (C=O) groups excluding carboxylic acids is 2. The third-order valence-corrected chi connectivity index (χ3v) is 5.90. The molecule has 1 atom stereocenters. The van der Waals surface area contributed by atoms with Gasteiger partial charge in [0, 0.05) is 29.4 Å². The van der Waals surface area contributed by atoms with Crippen molar-refractivity contribution in [3.63, 3.8) is 0 Å². The molecule has 1 aliphatic heterocycles. The molecule has 3 aromatic carbocycles. The van der Waals surface area contributed by atoms with E-state index in [2.05, 4.69) is 10.6 Å². The van der Waals surface area contributed by atoms with Gasteiger partial charge in [0.1, 0.15) is 11.9 Å². The van der Waals surface area contributed by atoms with E-state index < -0.39 is 29.7 Å². The largest absolute Gasteiger partial charge is 0.494 e. The van der Waals surface area contributed by atoms with E-state index in [4.69, 9.17) is 4.74 Å². The van der Waals surface area contributed by atoms with Crippen molar-refractivity contribution in [2.45, 2.75) is 25.6 Å². The van der Waals surface area contributed by atoms with Crippen LogP contribution in [0.25, 0.3) is 5.57 Å². The minimum Gasteiger partial charge on any atom is -0.494 e. The highest BCUT2D eigenvalue weighted by Crippen LogP contribution is 2.32. The number of benzene rings is 3. The molecule has 0 unspecified atom stereocenters. The van der Waals surface area contributed by atoms with Gasteiger partial charge in [-0.15, -0.1) is 0 Å². The molecule has 0 fully saturated rings. The van der Waals surface area contributed by atoms with Crippen molar-refractivity contribution < 1.29 is 32.6 Å². The first-order chi connectivity index (χ1) is 18.2. The molecule has 0 bridgehead atoms. The van der Waals surface area contributed by atoms with Crippen LogP contribution in [0.2, 0.25) is 0 Å². The normalized spacial score (nSPS) is 15.7. The van der Waals surface area contributed by atoms with Gasteiger partial charge in [0.25, 0.3) is 5.91 Å². The number of rotatable bonds is 7. The maximum atomic E-state index is 13.1. The standard InChI is InChI=1S/C29H25F3N2O4/c1-2-38-21-15-11-19(12-16-21)22(18-9-13-20(14-10-18)29(30,31)32)5-3-8-27(36)33-24-6-4-7-25-23(24)17-26(35)28(37)34-25/h3-16,26,35H,2,17H2,1H3,(H,33,36)(H,34,37)/b8-3+,22-5-/t26-/m0/s1. The topological polar surface area (TPSA) is 87.7 Å². The summed E-state index contributed by atoms with van der Waals surface area (Å²) in [5.41, 5.74) is 2.69. The molecule has 38 heavy (non-hydrogen) atoms. The highest BCUT2D eigenvalue weighted by atomic mass is 19.4. The molecule has 196 valence electrons. The summed E-state index contributed by atoms with van der Waals surface area (Å²) in [5.74, 6) is -0.305. The predicted octanol–water partition coefficient (Wildman–Crippen LogP) is 5.59. The van der Waals surface area contributed by atoms with Crippen molar-refractivity contribution >= 4 is 28.8 Å². The van der Waals surface area contributed by atoms with Crippen molar-refractivity contribution in [1.29, 1.82) is 0 Å². The number of ether oxygens (including phenoxy) is 1. The summed E-state index contributed by atoms with van der Waals surface area (Å²) in [7, 11) is 0. The second-order valence-corrected chi connectivity index (χ2v) is 8.50. The SMILES string of the molecule is CCOc1ccc(/C(=C\C=C\C(=O)Nc2cccc3c2C[C@H](O)C(=O)N3)c2ccc(C(F)(F)F)cc2)cc1. The molecule has 0 spiro atoms. The van der Waals surface area contributed by atoms with E-state index in [1.54, 1.807) is 48.5 Å². The van der Waals surface area contributed by atoms with Crippen molar-refractivity contribution in [2.75, 3.05) is 17.2 Å². The van der Waals surface area contributed by atoms with Gasteiger partial charge in [-0.1, -0.05) is 42.5 Å². The van der Waals surface area contributed by atoms with Gasteiger partial charge in [-0.2, -0.15) is 13.2 Å². The fourth-order valence-corrected chi connectivity index (χ4v) is 4.04. The van der Waals surface area contributed by atoms with Crippen LogP contribution >= 0.6 is 0 Å². The molecule has 4 rings (SSSR count). The lowest BCUT2D eigenvalue weighted by Gasteiger charge is -2.23. The molecule has 3 aromatic rings. The molecule has 1 aliphatic rings. The third kappa shape index (κ3) is 6.30. The van der Waals surface area contributed by atoms with Crippen LogP contribution < -0.4 is 15.4 Å². The second kappa shape index (κ2) is 11.4. The van der Waals surface area contributed by atoms with Gasteiger partial charge in [-0.25, -0.2) is 0 Å². The van der Waals surface area contributed by atoms with Crippen LogP contribution in [0.5, 0.6) is 5.75 Å². The molecule has 1 heterocycles. The van der Waals surface area contributed by atoms with Crippen molar-refractivity contribution in [3.05, 3.63) is 107 Å². The van der Waals surface area contributed by atoms with Crippen molar-refractivity contribution in [2.24, 2.45) is 0 Å². The van der Waals surface area contributed by atoms with Crippen LogP contribution in [0.1, 0.15) is 29.2 Å². The number of hydrogen-bond donors (Lipinski definition) is 3. The number of halogens is 3. The molecule has 6 nitrogen and oxygen atoms in total. The maximum Gasteiger partial charge on any atom is 0.416 e. The van der Waals surface area contributed by atoms with E-state index >= 15 is 0 Å². The molecular formula is C29H25F3N2O4. The molecular weight excluding hydrogens is 497 g/mol. The highest BCUT2D eigenvalue weighted by Gasteiger charge is 2.30. The number of allylic oxidation sites excluding steroid dienone is 2. The first-order valence-electron chi connectivity index (χ1n) is 11.9. The van der Waals surface area contributed by atoms with E-state index in [1.165, 1.54) is 24.3 Å². The fraction of sp³-hybridized carbons (Fsp3) is 0.172. The van der Waals surface area contributed by atoms with Crippen LogP contribution in [-0.4, -0.2) is 29.6 Å². The number of nitrogens with one attached hydrogen (secondary N) is 2. The van der Waals surface area contributed by atoms with Gasteiger partial charge in [-0.05, 0) is 60.0 Å². The molecule has 2 amide bonds. The Morgan fingerprint density at radius 2 is 1.74 bits per heavy atom. The Morgan fingerprint density at radius 1 is 1.08 bits per heavy atom. The number of fused-ring (bicyclic) bond motifs is 1.